The van der Waals surface area contributed by atoms with E-state index in [1.54, 1.807) is 5.32 Å². The summed E-state index contributed by atoms with van der Waals surface area (Å²) in [5.41, 5.74) is 4.63. The first-order valence-electron chi connectivity index (χ1n) is 3.03. The number of amides is 3. The molecular formula is C5H8N2O4. The minimum atomic E-state index is -0.924. The van der Waals surface area contributed by atoms with Crippen LogP contribution in [0.3, 0.4) is 0 Å². The van der Waals surface area contributed by atoms with Gasteiger partial charge in [-0.2, -0.15) is 0 Å². The van der Waals surface area contributed by atoms with Crippen LogP contribution in [0.1, 0.15) is 0 Å². The van der Waals surface area contributed by atoms with E-state index in [-0.39, 0.29) is 12.7 Å². The zero-order valence-corrected chi connectivity index (χ0v) is 5.70. The molecule has 1 aliphatic rings. The van der Waals surface area contributed by atoms with Gasteiger partial charge in [0.2, 0.25) is 0 Å². The number of rotatable bonds is 2. The quantitative estimate of drug-likeness (QED) is 0.516. The third-order valence-corrected chi connectivity index (χ3v) is 1.03. The van der Waals surface area contributed by atoms with E-state index in [4.69, 9.17) is 4.74 Å². The van der Waals surface area contributed by atoms with Crippen molar-refractivity contribution in [2.75, 3.05) is 13.2 Å². The molecule has 1 saturated heterocycles. The number of urea groups is 1. The molecular weight excluding hydrogens is 152 g/mol. The summed E-state index contributed by atoms with van der Waals surface area (Å²) in [6.07, 6.45) is -0.846. The van der Waals surface area contributed by atoms with Crippen LogP contribution in [0, 0.1) is 0 Å². The lowest BCUT2D eigenvalue weighted by molar-refractivity contribution is 0.138. The molecule has 3 amide bonds. The Morgan fingerprint density at radius 2 is 2.36 bits per heavy atom. The molecule has 1 heterocycles. The monoisotopic (exact) mass is 160 g/mol. The van der Waals surface area contributed by atoms with Crippen molar-refractivity contribution < 1.29 is 19.1 Å². The molecule has 0 aliphatic carbocycles. The highest BCUT2D eigenvalue weighted by Gasteiger charge is 2.24. The zero-order valence-electron chi connectivity index (χ0n) is 5.70. The third-order valence-electron chi connectivity index (χ3n) is 1.03. The second-order valence-corrected chi connectivity index (χ2v) is 2.04. The standard InChI is InChI=1S/C5H8N2O4/c6-4(8)7-5(9)11-2-3-1-10-3/h3H,1-2H2,(H3,6,7,8,9). The van der Waals surface area contributed by atoms with Crippen molar-refractivity contribution >= 4 is 12.1 Å². The molecule has 0 bridgehead atoms. The number of ether oxygens (including phenoxy) is 2. The summed E-state index contributed by atoms with van der Waals surface area (Å²) >= 11 is 0. The minimum absolute atomic E-state index is 0.00590. The van der Waals surface area contributed by atoms with Gasteiger partial charge in [-0.25, -0.2) is 14.9 Å². The molecule has 0 spiro atoms. The number of carbonyl (C=O) groups excluding carboxylic acids is 2. The van der Waals surface area contributed by atoms with Crippen molar-refractivity contribution in [2.45, 2.75) is 6.10 Å². The predicted octanol–water partition coefficient (Wildman–Crippen LogP) is -0.810. The van der Waals surface area contributed by atoms with Crippen molar-refractivity contribution in [3.05, 3.63) is 0 Å². The fourth-order valence-corrected chi connectivity index (χ4v) is 0.470. The first-order valence-corrected chi connectivity index (χ1v) is 3.03. The summed E-state index contributed by atoms with van der Waals surface area (Å²) in [5, 5.41) is 1.75. The number of alkyl carbamates (subject to hydrolysis) is 1. The number of hydrogen-bond donors (Lipinski definition) is 2. The van der Waals surface area contributed by atoms with Gasteiger partial charge in [0.15, 0.2) is 0 Å². The van der Waals surface area contributed by atoms with Gasteiger partial charge >= 0.3 is 12.1 Å². The summed E-state index contributed by atoms with van der Waals surface area (Å²) < 4.78 is 9.24. The molecule has 1 aliphatic heterocycles. The van der Waals surface area contributed by atoms with Gasteiger partial charge in [-0.05, 0) is 0 Å². The first kappa shape index (κ1) is 7.80. The molecule has 0 saturated carbocycles. The van der Waals surface area contributed by atoms with Crippen LogP contribution in [0.2, 0.25) is 0 Å². The van der Waals surface area contributed by atoms with E-state index in [9.17, 15) is 9.59 Å². The fourth-order valence-electron chi connectivity index (χ4n) is 0.470. The second-order valence-electron chi connectivity index (χ2n) is 2.04. The maximum Gasteiger partial charge on any atom is 0.415 e. The van der Waals surface area contributed by atoms with Crippen LogP contribution in [0.5, 0.6) is 0 Å². The number of carbonyl (C=O) groups is 2. The zero-order chi connectivity index (χ0) is 8.27. The van der Waals surface area contributed by atoms with E-state index in [1.165, 1.54) is 0 Å². The second kappa shape index (κ2) is 3.20. The lowest BCUT2D eigenvalue weighted by Crippen LogP contribution is -2.35. The van der Waals surface area contributed by atoms with Gasteiger partial charge in [0.1, 0.15) is 12.7 Å². The molecule has 0 radical (unpaired) electrons. The fraction of sp³-hybridized carbons (Fsp3) is 0.600. The lowest BCUT2D eigenvalue weighted by Gasteiger charge is -2.00. The van der Waals surface area contributed by atoms with Gasteiger partial charge < -0.3 is 15.2 Å². The Labute approximate surface area is 62.6 Å². The van der Waals surface area contributed by atoms with E-state index in [0.717, 1.165) is 0 Å². The Hall–Kier alpha value is -1.30. The van der Waals surface area contributed by atoms with Crippen LogP contribution < -0.4 is 11.1 Å². The maximum absolute atomic E-state index is 10.5. The van der Waals surface area contributed by atoms with Gasteiger partial charge in [-0.1, -0.05) is 0 Å². The number of imide groups is 1. The van der Waals surface area contributed by atoms with Gasteiger partial charge in [0.05, 0.1) is 6.61 Å². The van der Waals surface area contributed by atoms with E-state index in [1.807, 2.05) is 0 Å². The Bertz CT molecular complexity index is 177. The number of hydrogen-bond acceptors (Lipinski definition) is 4. The van der Waals surface area contributed by atoms with Crippen molar-refractivity contribution in [2.24, 2.45) is 5.73 Å². The highest BCUT2D eigenvalue weighted by molar-refractivity contribution is 5.89. The smallest absolute Gasteiger partial charge is 0.415 e. The summed E-state index contributed by atoms with van der Waals surface area (Å²) in [4.78, 5) is 20.5. The van der Waals surface area contributed by atoms with E-state index in [2.05, 4.69) is 10.5 Å². The molecule has 62 valence electrons. The summed E-state index contributed by atoms with van der Waals surface area (Å²) in [5.74, 6) is 0. The van der Waals surface area contributed by atoms with E-state index >= 15 is 0 Å². The van der Waals surface area contributed by atoms with Crippen LogP contribution >= 0.6 is 0 Å². The number of nitrogens with two attached hydrogens (primary N) is 1. The van der Waals surface area contributed by atoms with Crippen LogP contribution in [0.4, 0.5) is 9.59 Å². The SMILES string of the molecule is NC(=O)NC(=O)OCC1CO1. The number of nitrogens with one attached hydrogen (secondary N) is 1. The van der Waals surface area contributed by atoms with Gasteiger partial charge in [-0.15, -0.1) is 0 Å². The third kappa shape index (κ3) is 3.41. The number of primary amides is 1. The van der Waals surface area contributed by atoms with Crippen LogP contribution in [-0.4, -0.2) is 31.4 Å². The normalized spacial score (nSPS) is 20.5. The molecule has 1 unspecified atom stereocenters. The van der Waals surface area contributed by atoms with Crippen molar-refractivity contribution in [3.63, 3.8) is 0 Å². The highest BCUT2D eigenvalue weighted by Crippen LogP contribution is 2.08. The van der Waals surface area contributed by atoms with Crippen LogP contribution in [0.25, 0.3) is 0 Å². The predicted molar refractivity (Wildman–Crippen MR) is 33.8 cm³/mol. The molecule has 0 aromatic carbocycles. The van der Waals surface area contributed by atoms with Crippen molar-refractivity contribution in [1.82, 2.24) is 5.32 Å². The van der Waals surface area contributed by atoms with Gasteiger partial charge in [-0.3, -0.25) is 0 Å². The van der Waals surface area contributed by atoms with Crippen molar-refractivity contribution in [1.29, 1.82) is 0 Å². The summed E-state index contributed by atoms with van der Waals surface area (Å²) in [6.45, 7) is 0.767. The summed E-state index contributed by atoms with van der Waals surface area (Å²) in [7, 11) is 0. The number of epoxide rings is 1. The molecule has 1 rings (SSSR count). The molecule has 6 heteroatoms. The molecule has 11 heavy (non-hydrogen) atoms. The van der Waals surface area contributed by atoms with Gasteiger partial charge in [0, 0.05) is 0 Å². The Balaban J connectivity index is 2.04. The highest BCUT2D eigenvalue weighted by atomic mass is 16.6. The van der Waals surface area contributed by atoms with E-state index in [0.29, 0.717) is 6.61 Å². The Morgan fingerprint density at radius 3 is 2.82 bits per heavy atom. The average molecular weight is 160 g/mol. The molecule has 3 N–H and O–H groups in total. The van der Waals surface area contributed by atoms with Gasteiger partial charge in [0.25, 0.3) is 0 Å². The Kier molecular flexibility index (Phi) is 2.27. The van der Waals surface area contributed by atoms with Crippen molar-refractivity contribution in [3.8, 4) is 0 Å². The largest absolute Gasteiger partial charge is 0.446 e. The van der Waals surface area contributed by atoms with E-state index < -0.39 is 12.1 Å². The molecule has 1 fully saturated rings. The average Bonchev–Trinajstić information content (AvgIpc) is 2.63. The summed E-state index contributed by atoms with van der Waals surface area (Å²) in [6, 6.07) is -0.924. The topological polar surface area (TPSA) is 94.0 Å². The lowest BCUT2D eigenvalue weighted by atomic mass is 10.5. The minimum Gasteiger partial charge on any atom is -0.446 e. The molecule has 6 nitrogen and oxygen atoms in total. The molecule has 0 aromatic heterocycles. The molecule has 0 aromatic rings. The Morgan fingerprint density at radius 1 is 1.73 bits per heavy atom. The van der Waals surface area contributed by atoms with Crippen LogP contribution in [-0.2, 0) is 9.47 Å². The van der Waals surface area contributed by atoms with Crippen LogP contribution in [0.15, 0.2) is 0 Å². The molecule has 1 atom stereocenters. The first-order chi connectivity index (χ1) is 5.18. The maximum atomic E-state index is 10.5.